The zero-order chi connectivity index (χ0) is 19.9. The van der Waals surface area contributed by atoms with E-state index in [1.54, 1.807) is 32.3 Å². The van der Waals surface area contributed by atoms with Gasteiger partial charge >= 0.3 is 10.2 Å². The van der Waals surface area contributed by atoms with Crippen LogP contribution < -0.4 is 5.32 Å². The van der Waals surface area contributed by atoms with Crippen molar-refractivity contribution >= 4 is 27.5 Å². The van der Waals surface area contributed by atoms with Crippen molar-refractivity contribution in [1.29, 1.82) is 0 Å². The molecule has 0 aliphatic carbocycles. The van der Waals surface area contributed by atoms with E-state index in [-0.39, 0.29) is 22.8 Å². The third-order valence-corrected chi connectivity index (χ3v) is 5.41. The van der Waals surface area contributed by atoms with E-state index in [1.807, 2.05) is 6.92 Å². The average molecular weight is 389 g/mol. The van der Waals surface area contributed by atoms with E-state index in [9.17, 15) is 18.3 Å². The van der Waals surface area contributed by atoms with Gasteiger partial charge in [-0.1, -0.05) is 6.07 Å². The normalized spacial score (nSPS) is 15.9. The summed E-state index contributed by atoms with van der Waals surface area (Å²) in [5.74, 6) is -0.802. The molecule has 0 fully saturated rings. The summed E-state index contributed by atoms with van der Waals surface area (Å²) in [6.45, 7) is 3.53. The summed E-state index contributed by atoms with van der Waals surface area (Å²) in [6, 6.07) is 4.73. The van der Waals surface area contributed by atoms with Gasteiger partial charge in [-0.2, -0.15) is 13.5 Å². The van der Waals surface area contributed by atoms with E-state index in [2.05, 4.69) is 14.8 Å². The molecule has 27 heavy (non-hydrogen) atoms. The lowest BCUT2D eigenvalue weighted by atomic mass is 10.1. The molecule has 1 aromatic carbocycles. The van der Waals surface area contributed by atoms with Gasteiger partial charge in [0.1, 0.15) is 11.4 Å². The smallest absolute Gasteiger partial charge is 0.345 e. The highest BCUT2D eigenvalue weighted by Gasteiger charge is 2.31. The van der Waals surface area contributed by atoms with Crippen molar-refractivity contribution in [2.24, 2.45) is 11.4 Å². The van der Waals surface area contributed by atoms with Crippen LogP contribution in [0, 0.1) is 13.8 Å². The van der Waals surface area contributed by atoms with Crippen LogP contribution in [-0.2, 0) is 22.1 Å². The molecule has 2 heterocycles. The Balaban J connectivity index is 2.02. The number of benzene rings is 1. The van der Waals surface area contributed by atoms with Gasteiger partial charge in [-0.25, -0.2) is 4.31 Å². The van der Waals surface area contributed by atoms with Gasteiger partial charge in [0.15, 0.2) is 0 Å². The highest BCUT2D eigenvalue weighted by atomic mass is 32.2. The standard InChI is InChI=1S/C17H19N5O4S/c1-10-5-6-16(23)14(7-10)18-17(24)15-8-13(20-27(25,26)22(15)4)12-9-21(3)19-11(12)2/h5-9,23H,1-4H3,(H,18,24). The van der Waals surface area contributed by atoms with Crippen molar-refractivity contribution in [3.05, 3.63) is 53.0 Å². The quantitative estimate of drug-likeness (QED) is 0.766. The molecule has 9 nitrogen and oxygen atoms in total. The lowest BCUT2D eigenvalue weighted by molar-refractivity contribution is -0.113. The highest BCUT2D eigenvalue weighted by Crippen LogP contribution is 2.26. The Labute approximate surface area is 156 Å². The number of phenols is 1. The minimum Gasteiger partial charge on any atom is -0.506 e. The molecule has 142 valence electrons. The molecule has 2 N–H and O–H groups in total. The molecule has 0 unspecified atom stereocenters. The second-order valence-electron chi connectivity index (χ2n) is 6.23. The molecule has 0 spiro atoms. The number of nitrogens with one attached hydrogen (secondary N) is 1. The molecule has 0 radical (unpaired) electrons. The number of carbonyl (C=O) groups excluding carboxylic acids is 1. The van der Waals surface area contributed by atoms with Gasteiger partial charge in [0, 0.05) is 25.9 Å². The number of amides is 1. The first kappa shape index (κ1) is 18.6. The van der Waals surface area contributed by atoms with E-state index in [4.69, 9.17) is 0 Å². The number of phenolic OH excluding ortho intramolecular Hbond substituents is 1. The van der Waals surface area contributed by atoms with Crippen LogP contribution >= 0.6 is 0 Å². The maximum absolute atomic E-state index is 12.7. The van der Waals surface area contributed by atoms with E-state index in [0.29, 0.717) is 11.3 Å². The SMILES string of the molecule is Cc1ccc(O)c(NC(=O)C2=CC(c3cn(C)nc3C)=NS(=O)(=O)N2C)c1. The number of allylic oxidation sites excluding steroid dienone is 1. The molecule has 1 aromatic heterocycles. The second kappa shape index (κ2) is 6.54. The third-order valence-electron chi connectivity index (χ3n) is 4.09. The van der Waals surface area contributed by atoms with Crippen LogP contribution in [0.5, 0.6) is 5.75 Å². The predicted octanol–water partition coefficient (Wildman–Crippen LogP) is 1.24. The molecule has 0 atom stereocenters. The number of aromatic nitrogens is 2. The van der Waals surface area contributed by atoms with Crippen molar-refractivity contribution in [3.8, 4) is 5.75 Å². The summed E-state index contributed by atoms with van der Waals surface area (Å²) in [6.07, 6.45) is 3.01. The molecule has 0 bridgehead atoms. The summed E-state index contributed by atoms with van der Waals surface area (Å²) in [5, 5.41) is 16.6. The van der Waals surface area contributed by atoms with Gasteiger partial charge in [0.2, 0.25) is 0 Å². The monoisotopic (exact) mass is 389 g/mol. The zero-order valence-electron chi connectivity index (χ0n) is 15.3. The van der Waals surface area contributed by atoms with Crippen LogP contribution in [-0.4, -0.2) is 46.3 Å². The molecule has 1 aliphatic rings. The predicted molar refractivity (Wildman–Crippen MR) is 101 cm³/mol. The van der Waals surface area contributed by atoms with Crippen LogP contribution in [0.25, 0.3) is 0 Å². The number of hydrogen-bond acceptors (Lipinski definition) is 5. The van der Waals surface area contributed by atoms with Gasteiger partial charge in [-0.15, -0.1) is 4.40 Å². The summed E-state index contributed by atoms with van der Waals surface area (Å²) in [7, 11) is -1.13. The number of hydrogen-bond donors (Lipinski definition) is 2. The van der Waals surface area contributed by atoms with E-state index in [0.717, 1.165) is 9.87 Å². The number of aryl methyl sites for hydroxylation is 3. The van der Waals surface area contributed by atoms with Crippen LogP contribution in [0.4, 0.5) is 5.69 Å². The molecule has 1 aliphatic heterocycles. The van der Waals surface area contributed by atoms with E-state index in [1.165, 1.54) is 23.9 Å². The van der Waals surface area contributed by atoms with Crippen LogP contribution in [0.15, 0.2) is 40.6 Å². The van der Waals surface area contributed by atoms with Crippen molar-refractivity contribution < 1.29 is 18.3 Å². The summed E-state index contributed by atoms with van der Waals surface area (Å²) in [4.78, 5) is 12.7. The molecule has 2 aromatic rings. The van der Waals surface area contributed by atoms with E-state index >= 15 is 0 Å². The Morgan fingerprint density at radius 1 is 1.22 bits per heavy atom. The largest absolute Gasteiger partial charge is 0.506 e. The lowest BCUT2D eigenvalue weighted by Gasteiger charge is -2.23. The number of nitrogens with zero attached hydrogens (tertiary/aromatic N) is 4. The van der Waals surface area contributed by atoms with Gasteiger partial charge < -0.3 is 10.4 Å². The minimum absolute atomic E-state index is 0.118. The van der Waals surface area contributed by atoms with Gasteiger partial charge in [-0.3, -0.25) is 9.48 Å². The van der Waals surface area contributed by atoms with Crippen LogP contribution in [0.2, 0.25) is 0 Å². The Bertz CT molecular complexity index is 1100. The molecular weight excluding hydrogens is 370 g/mol. The number of aromatic hydroxyl groups is 1. The second-order valence-corrected chi connectivity index (χ2v) is 7.85. The molecule has 0 saturated carbocycles. The molecule has 3 rings (SSSR count). The number of likely N-dealkylation sites (N-methyl/N-ethyl adjacent to an activating group) is 1. The maximum Gasteiger partial charge on any atom is 0.345 e. The first-order valence-corrected chi connectivity index (χ1v) is 9.40. The molecule has 1 amide bonds. The Kier molecular flexibility index (Phi) is 4.52. The lowest BCUT2D eigenvalue weighted by Crippen LogP contribution is -2.35. The highest BCUT2D eigenvalue weighted by molar-refractivity contribution is 7.88. The van der Waals surface area contributed by atoms with Crippen molar-refractivity contribution in [2.45, 2.75) is 13.8 Å². The third kappa shape index (κ3) is 3.56. The Hall–Kier alpha value is -3.14. The first-order chi connectivity index (χ1) is 12.6. The van der Waals surface area contributed by atoms with Gasteiger partial charge in [0.05, 0.1) is 17.1 Å². The Morgan fingerprint density at radius 2 is 1.93 bits per heavy atom. The molecular formula is C17H19N5O4S. The number of rotatable bonds is 3. The van der Waals surface area contributed by atoms with Crippen molar-refractivity contribution in [3.63, 3.8) is 0 Å². The van der Waals surface area contributed by atoms with Crippen LogP contribution in [0.1, 0.15) is 16.8 Å². The Morgan fingerprint density at radius 3 is 2.56 bits per heavy atom. The fourth-order valence-electron chi connectivity index (χ4n) is 2.68. The van der Waals surface area contributed by atoms with Gasteiger partial charge in [0.25, 0.3) is 5.91 Å². The molecule has 10 heteroatoms. The van der Waals surface area contributed by atoms with Crippen molar-refractivity contribution in [1.82, 2.24) is 14.1 Å². The number of anilines is 1. The fraction of sp³-hybridized carbons (Fsp3) is 0.235. The van der Waals surface area contributed by atoms with Gasteiger partial charge in [-0.05, 0) is 37.6 Å². The van der Waals surface area contributed by atoms with Crippen molar-refractivity contribution in [2.75, 3.05) is 12.4 Å². The summed E-state index contributed by atoms with van der Waals surface area (Å²) >= 11 is 0. The molecule has 0 saturated heterocycles. The van der Waals surface area contributed by atoms with E-state index < -0.39 is 16.1 Å². The minimum atomic E-state index is -4.08. The summed E-state index contributed by atoms with van der Waals surface area (Å²) < 4.78 is 30.9. The average Bonchev–Trinajstić information content (AvgIpc) is 2.91. The fourth-order valence-corrected chi connectivity index (χ4v) is 3.59. The topological polar surface area (TPSA) is 117 Å². The maximum atomic E-state index is 12.7. The first-order valence-electron chi connectivity index (χ1n) is 8.00. The zero-order valence-corrected chi connectivity index (χ0v) is 16.1. The summed E-state index contributed by atoms with van der Waals surface area (Å²) in [5.41, 5.74) is 2.12. The van der Waals surface area contributed by atoms with Crippen LogP contribution in [0.3, 0.4) is 0 Å². The number of carbonyl (C=O) groups is 1.